The molecule has 2 aliphatic rings. The third-order valence-corrected chi connectivity index (χ3v) is 7.20. The van der Waals surface area contributed by atoms with Crippen LogP contribution in [0.15, 0.2) is 28.8 Å². The van der Waals surface area contributed by atoms with E-state index >= 15 is 0 Å². The van der Waals surface area contributed by atoms with Crippen LogP contribution in [0.4, 0.5) is 0 Å². The van der Waals surface area contributed by atoms with Gasteiger partial charge in [0, 0.05) is 30.4 Å². The van der Waals surface area contributed by atoms with Crippen LogP contribution >= 0.6 is 11.3 Å². The van der Waals surface area contributed by atoms with E-state index in [1.807, 2.05) is 17.7 Å². The number of aryl methyl sites for hydroxylation is 1. The average molecular weight is 430 g/mol. The van der Waals surface area contributed by atoms with Gasteiger partial charge in [0.05, 0.1) is 12.6 Å². The van der Waals surface area contributed by atoms with Gasteiger partial charge in [-0.25, -0.2) is 0 Å². The molecule has 2 aromatic rings. The number of rotatable bonds is 9. The van der Waals surface area contributed by atoms with Crippen molar-refractivity contribution in [3.05, 3.63) is 34.5 Å². The first-order valence-electron chi connectivity index (χ1n) is 11.5. The number of aromatic nitrogens is 3. The highest BCUT2D eigenvalue weighted by Crippen LogP contribution is 2.28. The van der Waals surface area contributed by atoms with Crippen LogP contribution < -0.4 is 10.6 Å². The number of hydrogen-bond acceptors (Lipinski definition) is 5. The molecule has 1 saturated carbocycles. The maximum Gasteiger partial charge on any atom is 0.191 e. The highest BCUT2D eigenvalue weighted by atomic mass is 32.1. The zero-order valence-corrected chi connectivity index (χ0v) is 18.9. The summed E-state index contributed by atoms with van der Waals surface area (Å²) >= 11 is 1.85. The Hall–Kier alpha value is -1.93. The molecule has 164 valence electrons. The maximum absolute atomic E-state index is 5.07. The van der Waals surface area contributed by atoms with Crippen LogP contribution in [-0.2, 0) is 13.0 Å². The summed E-state index contributed by atoms with van der Waals surface area (Å²) in [6.45, 7) is 6.95. The predicted molar refractivity (Wildman–Crippen MR) is 123 cm³/mol. The second-order valence-electron chi connectivity index (χ2n) is 8.31. The van der Waals surface area contributed by atoms with E-state index in [0.29, 0.717) is 12.1 Å². The summed E-state index contributed by atoms with van der Waals surface area (Å²) in [6.07, 6.45) is 10.4. The molecule has 0 radical (unpaired) electrons. The third-order valence-electron chi connectivity index (χ3n) is 6.23. The quantitative estimate of drug-likeness (QED) is 0.473. The lowest BCUT2D eigenvalue weighted by Crippen LogP contribution is -2.44. The molecule has 3 heterocycles. The molecule has 0 bridgehead atoms. The summed E-state index contributed by atoms with van der Waals surface area (Å²) in [6, 6.07) is 5.36. The zero-order valence-electron chi connectivity index (χ0n) is 18.1. The van der Waals surface area contributed by atoms with Crippen molar-refractivity contribution < 1.29 is 0 Å². The Bertz CT molecular complexity index is 773. The van der Waals surface area contributed by atoms with E-state index in [-0.39, 0.29) is 0 Å². The first-order valence-corrected chi connectivity index (χ1v) is 12.4. The lowest BCUT2D eigenvalue weighted by molar-refractivity contribution is 0.255. The van der Waals surface area contributed by atoms with Gasteiger partial charge in [-0.2, -0.15) is 0 Å². The molecule has 8 heteroatoms. The Morgan fingerprint density at radius 2 is 2.10 bits per heavy atom. The molecule has 4 rings (SSSR count). The molecule has 1 aliphatic heterocycles. The van der Waals surface area contributed by atoms with Gasteiger partial charge in [0.15, 0.2) is 5.96 Å². The first kappa shape index (κ1) is 21.3. The Morgan fingerprint density at radius 1 is 1.27 bits per heavy atom. The van der Waals surface area contributed by atoms with E-state index in [1.165, 1.54) is 56.5 Å². The van der Waals surface area contributed by atoms with Crippen molar-refractivity contribution >= 4 is 17.3 Å². The molecular weight excluding hydrogens is 394 g/mol. The zero-order chi connectivity index (χ0) is 20.6. The molecule has 30 heavy (non-hydrogen) atoms. The SMILES string of the molecule is CCc1nncn1CCNC(=NCC(c1cccs1)N1CCCC1)NC1CCCC1. The summed E-state index contributed by atoms with van der Waals surface area (Å²) in [5.74, 6) is 1.99. The molecule has 0 aromatic carbocycles. The van der Waals surface area contributed by atoms with Gasteiger partial charge < -0.3 is 15.2 Å². The van der Waals surface area contributed by atoms with Gasteiger partial charge in [0.1, 0.15) is 12.2 Å². The minimum atomic E-state index is 0.388. The maximum atomic E-state index is 5.07. The number of aliphatic imine (C=N–C) groups is 1. The van der Waals surface area contributed by atoms with E-state index in [0.717, 1.165) is 37.8 Å². The Labute approximate surface area is 184 Å². The van der Waals surface area contributed by atoms with Crippen molar-refractivity contribution in [3.8, 4) is 0 Å². The number of thiophene rings is 1. The summed E-state index contributed by atoms with van der Waals surface area (Å²) in [5, 5.41) is 17.7. The van der Waals surface area contributed by atoms with Crippen LogP contribution in [0.25, 0.3) is 0 Å². The average Bonchev–Trinajstić information content (AvgIpc) is 3.56. The van der Waals surface area contributed by atoms with Gasteiger partial charge in [-0.15, -0.1) is 21.5 Å². The van der Waals surface area contributed by atoms with E-state index in [1.54, 1.807) is 0 Å². The summed E-state index contributed by atoms with van der Waals surface area (Å²) < 4.78 is 2.12. The van der Waals surface area contributed by atoms with E-state index < -0.39 is 0 Å². The largest absolute Gasteiger partial charge is 0.355 e. The summed E-state index contributed by atoms with van der Waals surface area (Å²) in [5.41, 5.74) is 0. The van der Waals surface area contributed by atoms with Crippen molar-refractivity contribution in [2.75, 3.05) is 26.2 Å². The fourth-order valence-electron chi connectivity index (χ4n) is 4.55. The topological polar surface area (TPSA) is 70.4 Å². The smallest absolute Gasteiger partial charge is 0.191 e. The van der Waals surface area contributed by atoms with Gasteiger partial charge >= 0.3 is 0 Å². The van der Waals surface area contributed by atoms with Gasteiger partial charge in [-0.3, -0.25) is 9.89 Å². The molecule has 0 amide bonds. The van der Waals surface area contributed by atoms with E-state index in [9.17, 15) is 0 Å². The minimum absolute atomic E-state index is 0.388. The number of likely N-dealkylation sites (tertiary alicyclic amines) is 1. The second-order valence-corrected chi connectivity index (χ2v) is 9.29. The van der Waals surface area contributed by atoms with Gasteiger partial charge in [-0.1, -0.05) is 25.8 Å². The van der Waals surface area contributed by atoms with Crippen LogP contribution in [0.2, 0.25) is 0 Å². The van der Waals surface area contributed by atoms with Crippen LogP contribution in [0.1, 0.15) is 62.2 Å². The van der Waals surface area contributed by atoms with Crippen molar-refractivity contribution in [1.29, 1.82) is 0 Å². The van der Waals surface area contributed by atoms with Crippen molar-refractivity contribution in [2.24, 2.45) is 4.99 Å². The molecule has 0 spiro atoms. The second kappa shape index (κ2) is 10.9. The molecule has 7 nitrogen and oxygen atoms in total. The molecule has 1 saturated heterocycles. The molecule has 1 unspecified atom stereocenters. The Balaban J connectivity index is 1.41. The van der Waals surface area contributed by atoms with Crippen molar-refractivity contribution in [1.82, 2.24) is 30.3 Å². The predicted octanol–water partition coefficient (Wildman–Crippen LogP) is 3.22. The first-order chi connectivity index (χ1) is 14.8. The molecule has 1 atom stereocenters. The highest BCUT2D eigenvalue weighted by molar-refractivity contribution is 7.10. The molecular formula is C22H35N7S. The summed E-state index contributed by atoms with van der Waals surface area (Å²) in [7, 11) is 0. The molecule has 2 N–H and O–H groups in total. The molecule has 1 aliphatic carbocycles. The fraction of sp³-hybridized carbons (Fsp3) is 0.682. The van der Waals surface area contributed by atoms with Crippen LogP contribution in [0.5, 0.6) is 0 Å². The lowest BCUT2D eigenvalue weighted by Gasteiger charge is -2.26. The Kier molecular flexibility index (Phi) is 7.75. The van der Waals surface area contributed by atoms with Gasteiger partial charge in [0.2, 0.25) is 0 Å². The Morgan fingerprint density at radius 3 is 2.83 bits per heavy atom. The van der Waals surface area contributed by atoms with E-state index in [4.69, 9.17) is 4.99 Å². The number of guanidine groups is 1. The lowest BCUT2D eigenvalue weighted by atomic mass is 10.2. The monoisotopic (exact) mass is 429 g/mol. The number of nitrogens with one attached hydrogen (secondary N) is 2. The number of nitrogens with zero attached hydrogens (tertiary/aromatic N) is 5. The van der Waals surface area contributed by atoms with Crippen LogP contribution in [-0.4, -0.2) is 57.8 Å². The van der Waals surface area contributed by atoms with E-state index in [2.05, 4.69) is 54.7 Å². The number of hydrogen-bond donors (Lipinski definition) is 2. The minimum Gasteiger partial charge on any atom is -0.355 e. The third kappa shape index (κ3) is 5.60. The molecule has 2 fully saturated rings. The van der Waals surface area contributed by atoms with Crippen molar-refractivity contribution in [2.45, 2.75) is 70.5 Å². The van der Waals surface area contributed by atoms with Crippen LogP contribution in [0, 0.1) is 0 Å². The van der Waals surface area contributed by atoms with Crippen molar-refractivity contribution in [3.63, 3.8) is 0 Å². The van der Waals surface area contributed by atoms with Gasteiger partial charge in [-0.05, 0) is 50.2 Å². The molecule has 2 aromatic heterocycles. The summed E-state index contributed by atoms with van der Waals surface area (Å²) in [4.78, 5) is 9.10. The van der Waals surface area contributed by atoms with Gasteiger partial charge in [0.25, 0.3) is 0 Å². The standard InChI is InChI=1S/C22H35N7S/c1-2-21-27-25-17-29(21)14-11-23-22(26-18-8-3-4-9-18)24-16-19(20-10-7-15-30-20)28-12-5-6-13-28/h7,10,15,17-19H,2-6,8-9,11-14,16H2,1H3,(H2,23,24,26). The normalized spacial score (nSPS) is 19.4. The fourth-order valence-corrected chi connectivity index (χ4v) is 5.40. The van der Waals surface area contributed by atoms with Crippen LogP contribution in [0.3, 0.4) is 0 Å². The highest BCUT2D eigenvalue weighted by Gasteiger charge is 2.24.